The second-order valence-electron chi connectivity index (χ2n) is 7.96. The normalized spacial score (nSPS) is 10.7. The molecule has 0 aliphatic rings. The van der Waals surface area contributed by atoms with Crippen LogP contribution in [0.2, 0.25) is 0 Å². The number of pyridine rings is 1. The summed E-state index contributed by atoms with van der Waals surface area (Å²) < 4.78 is 5.24. The summed E-state index contributed by atoms with van der Waals surface area (Å²) >= 11 is 0. The molecule has 0 aliphatic heterocycles. The summed E-state index contributed by atoms with van der Waals surface area (Å²) in [7, 11) is 0. The number of ether oxygens (including phenoxy) is 1. The van der Waals surface area contributed by atoms with Crippen LogP contribution in [0.25, 0.3) is 22.2 Å². The quantitative estimate of drug-likeness (QED) is 0.267. The van der Waals surface area contributed by atoms with E-state index in [4.69, 9.17) is 9.72 Å². The molecule has 1 N–H and O–H groups in total. The molecule has 5 nitrogen and oxygen atoms in total. The van der Waals surface area contributed by atoms with Gasteiger partial charge in [0.25, 0.3) is 5.91 Å². The number of rotatable bonds is 7. The van der Waals surface area contributed by atoms with Crippen LogP contribution in [0, 0.1) is 6.92 Å². The number of hydrogen-bond donors (Lipinski definition) is 1. The van der Waals surface area contributed by atoms with Crippen LogP contribution in [0.3, 0.4) is 0 Å². The molecule has 0 spiro atoms. The highest BCUT2D eigenvalue weighted by Gasteiger charge is 2.15. The fraction of sp³-hybridized carbons (Fsp3) is 0.179. The van der Waals surface area contributed by atoms with E-state index in [2.05, 4.69) is 11.4 Å². The number of nitrogens with one attached hydrogen (secondary N) is 1. The van der Waals surface area contributed by atoms with Crippen molar-refractivity contribution >= 4 is 28.5 Å². The highest BCUT2D eigenvalue weighted by Crippen LogP contribution is 2.26. The van der Waals surface area contributed by atoms with Gasteiger partial charge < -0.3 is 10.1 Å². The molecule has 0 saturated carbocycles. The summed E-state index contributed by atoms with van der Waals surface area (Å²) in [5, 5.41) is 3.72. The number of aryl methyl sites for hydroxylation is 1. The maximum atomic E-state index is 13.2. The molecule has 1 aromatic heterocycles. The third-order valence-electron chi connectivity index (χ3n) is 5.38. The predicted octanol–water partition coefficient (Wildman–Crippen LogP) is 6.42. The fourth-order valence-corrected chi connectivity index (χ4v) is 3.60. The molecule has 0 atom stereocenters. The van der Waals surface area contributed by atoms with Crippen LogP contribution in [-0.2, 0) is 4.74 Å². The van der Waals surface area contributed by atoms with Gasteiger partial charge in [0.2, 0.25) is 0 Å². The maximum absolute atomic E-state index is 13.2. The van der Waals surface area contributed by atoms with Gasteiger partial charge in [0.15, 0.2) is 0 Å². The monoisotopic (exact) mass is 438 g/mol. The first-order chi connectivity index (χ1) is 16.0. The maximum Gasteiger partial charge on any atom is 0.338 e. The van der Waals surface area contributed by atoms with Gasteiger partial charge in [0, 0.05) is 16.6 Å². The highest BCUT2D eigenvalue weighted by molar-refractivity contribution is 6.13. The number of carbonyl (C=O) groups is 2. The van der Waals surface area contributed by atoms with Gasteiger partial charge in [-0.25, -0.2) is 9.78 Å². The molecule has 5 heteroatoms. The summed E-state index contributed by atoms with van der Waals surface area (Å²) in [4.78, 5) is 30.1. The van der Waals surface area contributed by atoms with Gasteiger partial charge in [0.1, 0.15) is 0 Å². The first-order valence-electron chi connectivity index (χ1n) is 11.1. The van der Waals surface area contributed by atoms with E-state index < -0.39 is 0 Å². The van der Waals surface area contributed by atoms with E-state index in [0.29, 0.717) is 23.4 Å². The summed E-state index contributed by atoms with van der Waals surface area (Å²) in [6, 6.07) is 24.2. The Balaban J connectivity index is 1.60. The first kappa shape index (κ1) is 22.2. The molecular formula is C28H26N2O3. The zero-order chi connectivity index (χ0) is 23.2. The number of nitrogens with zero attached hydrogens (tertiary/aromatic N) is 1. The largest absolute Gasteiger partial charge is 0.462 e. The Labute approximate surface area is 193 Å². The molecule has 0 aliphatic carbocycles. The number of aromatic nitrogens is 1. The Bertz CT molecular complexity index is 1300. The summed E-state index contributed by atoms with van der Waals surface area (Å²) in [5.41, 5.74) is 5.19. The third-order valence-corrected chi connectivity index (χ3v) is 5.38. The molecule has 0 radical (unpaired) electrons. The number of anilines is 1. The van der Waals surface area contributed by atoms with Gasteiger partial charge in [0.05, 0.1) is 28.9 Å². The smallest absolute Gasteiger partial charge is 0.338 e. The molecule has 33 heavy (non-hydrogen) atoms. The van der Waals surface area contributed by atoms with Gasteiger partial charge in [-0.15, -0.1) is 0 Å². The van der Waals surface area contributed by atoms with Crippen molar-refractivity contribution in [2.45, 2.75) is 26.7 Å². The molecule has 0 fully saturated rings. The third kappa shape index (κ3) is 5.26. The standard InChI is InChI=1S/C28H26N2O3/c1-3-4-16-33-28(32)20-12-14-22(15-13-20)29-27(31)24-18-26(21-9-7-8-19(2)17-21)30-25-11-6-5-10-23(24)25/h5-15,17-18H,3-4,16H2,1-2H3,(H,29,31). The van der Waals surface area contributed by atoms with E-state index in [0.717, 1.165) is 40.6 Å². The van der Waals surface area contributed by atoms with E-state index in [9.17, 15) is 9.59 Å². The Morgan fingerprint density at radius 2 is 1.73 bits per heavy atom. The Morgan fingerprint density at radius 3 is 2.48 bits per heavy atom. The van der Waals surface area contributed by atoms with Gasteiger partial charge in [-0.2, -0.15) is 0 Å². The minimum Gasteiger partial charge on any atom is -0.462 e. The molecule has 4 aromatic rings. The number of carbonyl (C=O) groups excluding carboxylic acids is 2. The zero-order valence-electron chi connectivity index (χ0n) is 18.8. The number of unbranched alkanes of at least 4 members (excludes halogenated alkanes) is 1. The summed E-state index contributed by atoms with van der Waals surface area (Å²) in [6.45, 7) is 4.48. The molecular weight excluding hydrogens is 412 g/mol. The lowest BCUT2D eigenvalue weighted by Gasteiger charge is -2.11. The minimum absolute atomic E-state index is 0.235. The number of fused-ring (bicyclic) bond motifs is 1. The van der Waals surface area contributed by atoms with Gasteiger partial charge >= 0.3 is 5.97 Å². The summed E-state index contributed by atoms with van der Waals surface area (Å²) in [5.74, 6) is -0.593. The predicted molar refractivity (Wildman–Crippen MR) is 132 cm³/mol. The Hall–Kier alpha value is -3.99. The van der Waals surface area contributed by atoms with E-state index in [-0.39, 0.29) is 11.9 Å². The Kier molecular flexibility index (Phi) is 6.79. The molecule has 1 amide bonds. The van der Waals surface area contributed by atoms with Crippen molar-refractivity contribution in [3.63, 3.8) is 0 Å². The SMILES string of the molecule is CCCCOC(=O)c1ccc(NC(=O)c2cc(-c3cccc(C)c3)nc3ccccc23)cc1. The van der Waals surface area contributed by atoms with E-state index in [1.54, 1.807) is 24.3 Å². The number of amides is 1. The molecule has 0 unspecified atom stereocenters. The van der Waals surface area contributed by atoms with Crippen molar-refractivity contribution < 1.29 is 14.3 Å². The molecule has 166 valence electrons. The van der Waals surface area contributed by atoms with Crippen molar-refractivity contribution in [2.24, 2.45) is 0 Å². The molecule has 0 saturated heterocycles. The minimum atomic E-state index is -0.357. The zero-order valence-corrected chi connectivity index (χ0v) is 18.8. The van der Waals surface area contributed by atoms with Gasteiger partial charge in [-0.3, -0.25) is 4.79 Å². The highest BCUT2D eigenvalue weighted by atomic mass is 16.5. The number of para-hydroxylation sites is 1. The topological polar surface area (TPSA) is 68.3 Å². The van der Waals surface area contributed by atoms with Crippen molar-refractivity contribution in [3.8, 4) is 11.3 Å². The number of benzene rings is 3. The molecule has 3 aromatic carbocycles. The second-order valence-corrected chi connectivity index (χ2v) is 7.96. The van der Waals surface area contributed by atoms with E-state index >= 15 is 0 Å². The lowest BCUT2D eigenvalue weighted by Crippen LogP contribution is -2.13. The first-order valence-corrected chi connectivity index (χ1v) is 11.1. The van der Waals surface area contributed by atoms with Crippen LogP contribution < -0.4 is 5.32 Å². The van der Waals surface area contributed by atoms with Crippen molar-refractivity contribution in [1.29, 1.82) is 0 Å². The lowest BCUT2D eigenvalue weighted by atomic mass is 10.0. The van der Waals surface area contributed by atoms with Crippen LogP contribution in [-0.4, -0.2) is 23.5 Å². The van der Waals surface area contributed by atoms with Crippen LogP contribution in [0.5, 0.6) is 0 Å². The van der Waals surface area contributed by atoms with Crippen molar-refractivity contribution in [1.82, 2.24) is 4.98 Å². The van der Waals surface area contributed by atoms with Crippen molar-refractivity contribution in [3.05, 3.63) is 95.6 Å². The van der Waals surface area contributed by atoms with E-state index in [1.165, 1.54) is 0 Å². The van der Waals surface area contributed by atoms with Crippen molar-refractivity contribution in [2.75, 3.05) is 11.9 Å². The average molecular weight is 439 g/mol. The number of hydrogen-bond acceptors (Lipinski definition) is 4. The summed E-state index contributed by atoms with van der Waals surface area (Å²) in [6.07, 6.45) is 1.80. The fourth-order valence-electron chi connectivity index (χ4n) is 3.60. The number of esters is 1. The van der Waals surface area contributed by atoms with E-state index in [1.807, 2.05) is 62.4 Å². The average Bonchev–Trinajstić information content (AvgIpc) is 2.84. The van der Waals surface area contributed by atoms with Gasteiger partial charge in [-0.05, 0) is 55.8 Å². The van der Waals surface area contributed by atoms with Crippen LogP contribution in [0.4, 0.5) is 5.69 Å². The Morgan fingerprint density at radius 1 is 0.939 bits per heavy atom. The lowest BCUT2D eigenvalue weighted by molar-refractivity contribution is 0.0499. The molecule has 1 heterocycles. The molecule has 0 bridgehead atoms. The van der Waals surface area contributed by atoms with Crippen LogP contribution in [0.1, 0.15) is 46.0 Å². The van der Waals surface area contributed by atoms with Gasteiger partial charge in [-0.1, -0.05) is 55.3 Å². The van der Waals surface area contributed by atoms with Crippen LogP contribution >= 0.6 is 0 Å². The molecule has 4 rings (SSSR count). The van der Waals surface area contributed by atoms with Crippen LogP contribution in [0.15, 0.2) is 78.9 Å². The second kappa shape index (κ2) is 10.1.